The number of nitrogens with one attached hydrogen (secondary N) is 2. The smallest absolute Gasteiger partial charge is 0.291 e. The first-order valence-electron chi connectivity index (χ1n) is 14.0. The van der Waals surface area contributed by atoms with Gasteiger partial charge in [0.25, 0.3) is 11.8 Å². The number of fused-ring (bicyclic) bond motifs is 2. The number of hydrogen-bond donors (Lipinski definition) is 2. The molecule has 2 heterocycles. The van der Waals surface area contributed by atoms with Crippen LogP contribution in [0.15, 0.2) is 9.42 Å². The number of carbonyl (C=O) groups is 1. The first-order valence-corrected chi connectivity index (χ1v) is 14.9. The molecule has 2 N–H and O–H groups in total. The Labute approximate surface area is 213 Å². The highest BCUT2D eigenvalue weighted by molar-refractivity contribution is 8.00. The van der Waals surface area contributed by atoms with Crippen molar-refractivity contribution < 1.29 is 18.4 Å². The van der Waals surface area contributed by atoms with Crippen LogP contribution in [0, 0.1) is 17.8 Å². The molecule has 0 aromatic carbocycles. The van der Waals surface area contributed by atoms with Gasteiger partial charge in [-0.25, -0.2) is 4.39 Å². The summed E-state index contributed by atoms with van der Waals surface area (Å²) in [7, 11) is 0. The van der Waals surface area contributed by atoms with Crippen LogP contribution < -0.4 is 15.4 Å². The number of amides is 1. The van der Waals surface area contributed by atoms with Gasteiger partial charge in [-0.15, -0.1) is 11.8 Å². The number of thioether (sulfide) groups is 1. The number of alkyl halides is 1. The fourth-order valence-corrected chi connectivity index (χ4v) is 8.22. The fourth-order valence-electron chi connectivity index (χ4n) is 6.88. The van der Waals surface area contributed by atoms with Gasteiger partial charge in [0.1, 0.15) is 10.6 Å². The van der Waals surface area contributed by atoms with Crippen LogP contribution in [-0.4, -0.2) is 47.7 Å². The van der Waals surface area contributed by atoms with E-state index in [0.29, 0.717) is 42.9 Å². The quantitative estimate of drug-likeness (QED) is 0.456. The lowest BCUT2D eigenvalue weighted by molar-refractivity contribution is -0.0194. The number of piperidine rings is 1. The zero-order valence-corrected chi connectivity index (χ0v) is 22.0. The van der Waals surface area contributed by atoms with Gasteiger partial charge in [-0.3, -0.25) is 4.79 Å². The van der Waals surface area contributed by atoms with Crippen LogP contribution in [0.5, 0.6) is 5.88 Å². The number of nitrogens with zero attached hydrogens (tertiary/aromatic N) is 1. The van der Waals surface area contributed by atoms with Crippen molar-refractivity contribution in [3.05, 3.63) is 5.76 Å². The molecule has 6 nitrogen and oxygen atoms in total. The Bertz CT molecular complexity index is 853. The minimum absolute atomic E-state index is 0.00610. The van der Waals surface area contributed by atoms with Gasteiger partial charge in [0, 0.05) is 11.3 Å². The molecule has 4 unspecified atom stereocenters. The highest BCUT2D eigenvalue weighted by atomic mass is 32.2. The van der Waals surface area contributed by atoms with Crippen LogP contribution in [-0.2, 0) is 0 Å². The molecule has 2 bridgehead atoms. The second kappa shape index (κ2) is 11.4. The molecule has 4 aliphatic rings. The molecule has 196 valence electrons. The minimum Gasteiger partial charge on any atom is -0.474 e. The molecule has 0 radical (unpaired) electrons. The van der Waals surface area contributed by atoms with Gasteiger partial charge in [0.2, 0.25) is 5.76 Å². The van der Waals surface area contributed by atoms with E-state index in [1.54, 1.807) is 11.8 Å². The molecule has 1 aliphatic heterocycles. The maximum atomic E-state index is 15.3. The van der Waals surface area contributed by atoms with Crippen molar-refractivity contribution in [2.75, 3.05) is 19.7 Å². The van der Waals surface area contributed by atoms with Crippen LogP contribution in [0.1, 0.15) is 101 Å². The maximum Gasteiger partial charge on any atom is 0.291 e. The van der Waals surface area contributed by atoms with Crippen molar-refractivity contribution >= 4 is 17.7 Å². The fraction of sp³-hybridized carbons (Fsp3) is 0.852. The average molecular weight is 508 g/mol. The van der Waals surface area contributed by atoms with E-state index in [0.717, 1.165) is 62.9 Å². The predicted molar refractivity (Wildman–Crippen MR) is 136 cm³/mol. The Morgan fingerprint density at radius 3 is 2.74 bits per heavy atom. The summed E-state index contributed by atoms with van der Waals surface area (Å²) in [5, 5.41) is 11.4. The molecular formula is C27H42FN3O3S. The summed E-state index contributed by atoms with van der Waals surface area (Å²) in [5.74, 6) is 1.40. The van der Waals surface area contributed by atoms with E-state index < -0.39 is 5.67 Å². The molecule has 4 fully saturated rings. The van der Waals surface area contributed by atoms with Crippen LogP contribution in [0.2, 0.25) is 0 Å². The Balaban J connectivity index is 1.32. The molecule has 35 heavy (non-hydrogen) atoms. The minimum atomic E-state index is -1.05. The highest BCUT2D eigenvalue weighted by Crippen LogP contribution is 2.49. The summed E-state index contributed by atoms with van der Waals surface area (Å²) in [4.78, 5) is 14.3. The Morgan fingerprint density at radius 1 is 1.17 bits per heavy atom. The molecule has 1 aromatic rings. The highest BCUT2D eigenvalue weighted by Gasteiger charge is 2.48. The van der Waals surface area contributed by atoms with Gasteiger partial charge >= 0.3 is 0 Å². The third kappa shape index (κ3) is 6.00. The van der Waals surface area contributed by atoms with Crippen molar-refractivity contribution in [1.29, 1.82) is 0 Å². The lowest BCUT2D eigenvalue weighted by atomic mass is 9.63. The first-order chi connectivity index (χ1) is 17.0. The maximum absolute atomic E-state index is 15.3. The van der Waals surface area contributed by atoms with Crippen LogP contribution in [0.25, 0.3) is 0 Å². The number of ether oxygens (including phenoxy) is 1. The molecule has 8 heteroatoms. The van der Waals surface area contributed by atoms with Gasteiger partial charge < -0.3 is 19.9 Å². The van der Waals surface area contributed by atoms with Crippen molar-refractivity contribution in [2.45, 2.75) is 112 Å². The lowest BCUT2D eigenvalue weighted by Crippen LogP contribution is -2.54. The van der Waals surface area contributed by atoms with E-state index in [-0.39, 0.29) is 29.5 Å². The zero-order valence-electron chi connectivity index (χ0n) is 21.2. The first kappa shape index (κ1) is 25.4. The second-order valence-corrected chi connectivity index (χ2v) is 12.7. The third-order valence-corrected chi connectivity index (χ3v) is 10.3. The standard InChI is InChI=1S/C27H42FN3O3S/c1-2-19-15-27(28)12-6-7-20(16-27)22(19)30-25(32)23-24(35-21-8-4-3-5-9-21)26(31-34-23)33-17-18-10-13-29-14-11-18/h18-22,29H,2-17H2,1H3,(H,30,32). The number of hydrogen-bond acceptors (Lipinski definition) is 6. The van der Waals surface area contributed by atoms with Gasteiger partial charge in [0.05, 0.1) is 6.61 Å². The van der Waals surface area contributed by atoms with E-state index in [1.165, 1.54) is 19.3 Å². The van der Waals surface area contributed by atoms with E-state index in [4.69, 9.17) is 9.26 Å². The van der Waals surface area contributed by atoms with Crippen molar-refractivity contribution in [1.82, 2.24) is 15.8 Å². The summed E-state index contributed by atoms with van der Waals surface area (Å²) in [5.41, 5.74) is -1.05. The third-order valence-electron chi connectivity index (χ3n) is 8.87. The van der Waals surface area contributed by atoms with Gasteiger partial charge in [0.15, 0.2) is 0 Å². The van der Waals surface area contributed by atoms with E-state index >= 15 is 4.39 Å². The molecule has 5 rings (SSSR count). The van der Waals surface area contributed by atoms with Crippen molar-refractivity contribution in [3.8, 4) is 5.88 Å². The zero-order chi connectivity index (χ0) is 24.3. The molecule has 4 atom stereocenters. The summed E-state index contributed by atoms with van der Waals surface area (Å²) >= 11 is 1.71. The molecular weight excluding hydrogens is 465 g/mol. The summed E-state index contributed by atoms with van der Waals surface area (Å²) in [6.45, 7) is 4.76. The molecule has 0 spiro atoms. The lowest BCUT2D eigenvalue weighted by Gasteiger charge is -2.48. The van der Waals surface area contributed by atoms with Crippen LogP contribution >= 0.6 is 11.8 Å². The second-order valence-electron chi connectivity index (χ2n) is 11.4. The number of aromatic nitrogens is 1. The predicted octanol–water partition coefficient (Wildman–Crippen LogP) is 5.90. The molecule has 1 amide bonds. The number of rotatable bonds is 8. The van der Waals surface area contributed by atoms with E-state index in [1.807, 2.05) is 0 Å². The topological polar surface area (TPSA) is 76.4 Å². The molecule has 3 saturated carbocycles. The monoisotopic (exact) mass is 507 g/mol. The summed E-state index contributed by atoms with van der Waals surface area (Å²) < 4.78 is 27.1. The van der Waals surface area contributed by atoms with E-state index in [2.05, 4.69) is 22.7 Å². The Hall–Kier alpha value is -1.28. The normalized spacial score (nSPS) is 32.3. The van der Waals surface area contributed by atoms with Crippen LogP contribution in [0.3, 0.4) is 0 Å². The van der Waals surface area contributed by atoms with Crippen molar-refractivity contribution in [2.24, 2.45) is 17.8 Å². The van der Waals surface area contributed by atoms with E-state index in [9.17, 15) is 4.79 Å². The molecule has 3 aliphatic carbocycles. The van der Waals surface area contributed by atoms with Crippen LogP contribution in [0.4, 0.5) is 4.39 Å². The van der Waals surface area contributed by atoms with Gasteiger partial charge in [-0.05, 0) is 93.8 Å². The molecule has 1 aromatic heterocycles. The van der Waals surface area contributed by atoms with Gasteiger partial charge in [-0.2, -0.15) is 0 Å². The largest absolute Gasteiger partial charge is 0.474 e. The Morgan fingerprint density at radius 2 is 1.97 bits per heavy atom. The Kier molecular flexibility index (Phi) is 8.27. The average Bonchev–Trinajstić information content (AvgIpc) is 3.27. The van der Waals surface area contributed by atoms with Crippen molar-refractivity contribution in [3.63, 3.8) is 0 Å². The number of carbonyl (C=O) groups excluding carboxylic acids is 1. The summed E-state index contributed by atoms with van der Waals surface area (Å²) in [6.07, 6.45) is 12.8. The van der Waals surface area contributed by atoms with Gasteiger partial charge in [-0.1, -0.05) is 32.6 Å². The summed E-state index contributed by atoms with van der Waals surface area (Å²) in [6, 6.07) is -0.00610. The molecule has 1 saturated heterocycles. The number of halogens is 1. The SMILES string of the molecule is CCC1CC2(F)CCCC(C2)C1NC(=O)c1onc(OCC2CCNCC2)c1SC1CCCCC1.